The molecule has 3 N–H and O–H groups in total. The number of hydrogen-bond acceptors (Lipinski definition) is 10. The predicted molar refractivity (Wildman–Crippen MR) is 195 cm³/mol. The summed E-state index contributed by atoms with van der Waals surface area (Å²) in [5.41, 5.74) is 1.57. The van der Waals surface area contributed by atoms with Gasteiger partial charge in [0.1, 0.15) is 22.8 Å². The van der Waals surface area contributed by atoms with Crippen LogP contribution in [-0.2, 0) is 14.3 Å². The summed E-state index contributed by atoms with van der Waals surface area (Å²) in [5.74, 6) is -1.85. The first kappa shape index (κ1) is 38.8. The largest absolute Gasteiger partial charge is 0.507 e. The molecule has 2 unspecified atom stereocenters. The number of Topliss-reactive ketones (excluding diaryl/α,β-unsaturated/α-hetero) is 1. The zero-order valence-electron chi connectivity index (χ0n) is 30.4. The van der Waals surface area contributed by atoms with Crippen LogP contribution in [0.1, 0.15) is 96.4 Å². The van der Waals surface area contributed by atoms with E-state index in [9.17, 15) is 24.6 Å². The first-order valence-corrected chi connectivity index (χ1v) is 17.2. The predicted octanol–water partition coefficient (Wildman–Crippen LogP) is 6.55. The molecule has 274 valence electrons. The molecule has 1 aliphatic heterocycles. The Kier molecular flexibility index (Phi) is 13.9. The van der Waals surface area contributed by atoms with E-state index in [1.165, 1.54) is 27.4 Å². The number of nitrogens with zero attached hydrogens (tertiary/aromatic N) is 1. The fourth-order valence-corrected chi connectivity index (χ4v) is 6.45. The zero-order valence-corrected chi connectivity index (χ0v) is 30.4. The van der Waals surface area contributed by atoms with Crippen molar-refractivity contribution in [1.82, 2.24) is 10.2 Å². The average molecular weight is 703 g/mol. The van der Waals surface area contributed by atoms with Gasteiger partial charge in [-0.1, -0.05) is 42.5 Å². The molecule has 3 atom stereocenters. The van der Waals surface area contributed by atoms with Gasteiger partial charge in [0.25, 0.3) is 0 Å². The SMILES string of the molecule is COc1cc(C(CC(=O)NCC(c2ccccc2)N(C)C)c2c(O)cc3c(c2O)C(=O)O[C@@H](C)CCCC(=O)CCC/C=C/3)cc(OC)c1OC. The first-order valence-electron chi connectivity index (χ1n) is 17.2. The molecule has 0 saturated heterocycles. The molecule has 0 aliphatic carbocycles. The van der Waals surface area contributed by atoms with Crippen molar-refractivity contribution < 1.29 is 43.5 Å². The highest BCUT2D eigenvalue weighted by Crippen LogP contribution is 2.47. The lowest BCUT2D eigenvalue weighted by Crippen LogP contribution is -2.35. The minimum absolute atomic E-state index is 0.0323. The van der Waals surface area contributed by atoms with Crippen molar-refractivity contribution in [2.75, 3.05) is 42.0 Å². The minimum Gasteiger partial charge on any atom is -0.507 e. The van der Waals surface area contributed by atoms with E-state index in [2.05, 4.69) is 5.32 Å². The van der Waals surface area contributed by atoms with Gasteiger partial charge in [-0.15, -0.1) is 0 Å². The van der Waals surface area contributed by atoms with Gasteiger partial charge < -0.3 is 39.4 Å². The number of methoxy groups -OCH3 is 3. The summed E-state index contributed by atoms with van der Waals surface area (Å²) in [5, 5.41) is 26.6. The van der Waals surface area contributed by atoms with Crippen LogP contribution in [0.15, 0.2) is 54.6 Å². The smallest absolute Gasteiger partial charge is 0.342 e. The highest BCUT2D eigenvalue weighted by molar-refractivity contribution is 5.98. The van der Waals surface area contributed by atoms with Gasteiger partial charge in [-0.3, -0.25) is 9.59 Å². The fraction of sp³-hybridized carbons (Fsp3) is 0.425. The van der Waals surface area contributed by atoms with Crippen LogP contribution in [0.3, 0.4) is 0 Å². The maximum Gasteiger partial charge on any atom is 0.342 e. The summed E-state index contributed by atoms with van der Waals surface area (Å²) in [6.45, 7) is 2.03. The number of nitrogens with one attached hydrogen (secondary N) is 1. The standard InChI is InChI=1S/C40H50N2O9/c1-25-14-13-19-29(43)18-12-8-11-17-27-20-32(44)37(38(46)36(27)40(47)51-25)30(28-21-33(48-4)39(50-6)34(22-28)49-5)23-35(45)41-24-31(42(2)3)26-15-9-7-10-16-26/h7,9-11,15-17,20-22,25,30-31,44,46H,8,12-14,18-19,23-24H2,1-6H3,(H,41,45)/b17-11+/t25-,30?,31?/m0/s1. The number of phenolic OH excluding ortho intramolecular Hbond substituents is 2. The highest BCUT2D eigenvalue weighted by atomic mass is 16.5. The lowest BCUT2D eigenvalue weighted by molar-refractivity contribution is -0.121. The van der Waals surface area contributed by atoms with Gasteiger partial charge in [0, 0.05) is 37.3 Å². The number of allylic oxidation sites excluding steroid dienone is 1. The summed E-state index contributed by atoms with van der Waals surface area (Å²) in [7, 11) is 8.27. The van der Waals surface area contributed by atoms with Gasteiger partial charge in [0.2, 0.25) is 11.7 Å². The van der Waals surface area contributed by atoms with Crippen LogP contribution >= 0.6 is 0 Å². The zero-order chi connectivity index (χ0) is 37.1. The molecular weight excluding hydrogens is 652 g/mol. The Morgan fingerprint density at radius 1 is 0.961 bits per heavy atom. The molecule has 1 amide bonds. The Hall–Kier alpha value is -5.03. The van der Waals surface area contributed by atoms with E-state index in [1.807, 2.05) is 49.3 Å². The number of carbonyl (C=O) groups is 3. The van der Waals surface area contributed by atoms with E-state index in [4.69, 9.17) is 18.9 Å². The van der Waals surface area contributed by atoms with Gasteiger partial charge in [-0.05, 0) is 81.6 Å². The Balaban J connectivity index is 1.83. The van der Waals surface area contributed by atoms with Gasteiger partial charge in [-0.25, -0.2) is 4.79 Å². The second-order valence-electron chi connectivity index (χ2n) is 13.0. The van der Waals surface area contributed by atoms with Crippen molar-refractivity contribution in [3.8, 4) is 28.7 Å². The summed E-state index contributed by atoms with van der Waals surface area (Å²) in [6, 6.07) is 14.4. The quantitative estimate of drug-likeness (QED) is 0.188. The molecule has 3 aromatic carbocycles. The van der Waals surface area contributed by atoms with Crippen molar-refractivity contribution in [1.29, 1.82) is 0 Å². The maximum absolute atomic E-state index is 13.8. The molecular formula is C40H50N2O9. The lowest BCUT2D eigenvalue weighted by atomic mass is 9.84. The van der Waals surface area contributed by atoms with Gasteiger partial charge in [0.05, 0.1) is 33.5 Å². The van der Waals surface area contributed by atoms with Crippen LogP contribution in [0.25, 0.3) is 6.08 Å². The highest BCUT2D eigenvalue weighted by Gasteiger charge is 2.32. The van der Waals surface area contributed by atoms with Crippen molar-refractivity contribution in [3.63, 3.8) is 0 Å². The second-order valence-corrected chi connectivity index (χ2v) is 13.0. The number of amides is 1. The average Bonchev–Trinajstić information content (AvgIpc) is 3.10. The van der Waals surface area contributed by atoms with Gasteiger partial charge >= 0.3 is 5.97 Å². The molecule has 11 heteroatoms. The van der Waals surface area contributed by atoms with E-state index in [0.29, 0.717) is 67.9 Å². The summed E-state index contributed by atoms with van der Waals surface area (Å²) in [6.07, 6.45) is 5.77. The number of benzene rings is 3. The molecule has 0 saturated carbocycles. The van der Waals surface area contributed by atoms with Crippen LogP contribution in [0.2, 0.25) is 0 Å². The summed E-state index contributed by atoms with van der Waals surface area (Å²) in [4.78, 5) is 41.9. The number of ketones is 1. The van der Waals surface area contributed by atoms with Gasteiger partial charge in [-0.2, -0.15) is 0 Å². The molecule has 51 heavy (non-hydrogen) atoms. The Labute approximate surface area is 300 Å². The number of hydrogen-bond donors (Lipinski definition) is 3. The molecule has 0 bridgehead atoms. The van der Waals surface area contributed by atoms with E-state index >= 15 is 0 Å². The maximum atomic E-state index is 13.8. The number of esters is 1. The number of aromatic hydroxyl groups is 2. The van der Waals surface area contributed by atoms with E-state index < -0.39 is 23.7 Å². The number of cyclic esters (lactones) is 1. The van der Waals surface area contributed by atoms with E-state index in [0.717, 1.165) is 5.56 Å². The number of likely N-dealkylation sites (N-methyl/N-ethyl adjacent to an activating group) is 1. The molecule has 1 heterocycles. The van der Waals surface area contributed by atoms with Crippen LogP contribution in [0, 0.1) is 0 Å². The van der Waals surface area contributed by atoms with Crippen molar-refractivity contribution in [2.45, 2.75) is 69.9 Å². The van der Waals surface area contributed by atoms with E-state index in [1.54, 1.807) is 31.2 Å². The van der Waals surface area contributed by atoms with Crippen molar-refractivity contribution >= 4 is 23.7 Å². The second kappa shape index (κ2) is 18.3. The summed E-state index contributed by atoms with van der Waals surface area (Å²) < 4.78 is 22.5. The number of carbonyl (C=O) groups excluding carboxylic acids is 3. The number of rotatable bonds is 11. The third-order valence-electron chi connectivity index (χ3n) is 9.18. The van der Waals surface area contributed by atoms with Crippen LogP contribution in [0.4, 0.5) is 0 Å². The molecule has 1 aliphatic rings. The third-order valence-corrected chi connectivity index (χ3v) is 9.18. The van der Waals surface area contributed by atoms with E-state index in [-0.39, 0.29) is 46.6 Å². The third kappa shape index (κ3) is 9.82. The van der Waals surface area contributed by atoms with Crippen molar-refractivity contribution in [2.24, 2.45) is 0 Å². The number of phenols is 2. The Morgan fingerprint density at radius 2 is 1.63 bits per heavy atom. The molecule has 4 rings (SSSR count). The molecule has 0 fully saturated rings. The molecule has 0 spiro atoms. The molecule has 0 radical (unpaired) electrons. The monoisotopic (exact) mass is 702 g/mol. The van der Waals surface area contributed by atoms with Crippen LogP contribution in [0.5, 0.6) is 28.7 Å². The van der Waals surface area contributed by atoms with Crippen LogP contribution in [-0.4, -0.2) is 80.8 Å². The minimum atomic E-state index is -0.980. The van der Waals surface area contributed by atoms with Crippen molar-refractivity contribution in [3.05, 3.63) is 82.4 Å². The number of fused-ring (bicyclic) bond motifs is 1. The van der Waals surface area contributed by atoms with Gasteiger partial charge in [0.15, 0.2) is 11.5 Å². The molecule has 3 aromatic rings. The molecule has 11 nitrogen and oxygen atoms in total. The topological polar surface area (TPSA) is 144 Å². The Morgan fingerprint density at radius 3 is 2.25 bits per heavy atom. The lowest BCUT2D eigenvalue weighted by Gasteiger charge is -2.27. The fourth-order valence-electron chi connectivity index (χ4n) is 6.45. The first-order chi connectivity index (χ1) is 24.5. The van der Waals surface area contributed by atoms with Crippen LogP contribution < -0.4 is 19.5 Å². The number of ether oxygens (including phenoxy) is 4. The summed E-state index contributed by atoms with van der Waals surface area (Å²) >= 11 is 0. The molecule has 0 aromatic heterocycles. The normalized spacial score (nSPS) is 17.4. The Bertz CT molecular complexity index is 1680.